The normalized spacial score (nSPS) is 19.6. The topological polar surface area (TPSA) is 29.5 Å². The molecule has 1 aromatic rings. The number of hydrogen-bond acceptors (Lipinski definition) is 2. The summed E-state index contributed by atoms with van der Waals surface area (Å²) in [6.45, 7) is 9.09. The van der Waals surface area contributed by atoms with Crippen LogP contribution >= 0.6 is 0 Å². The van der Waals surface area contributed by atoms with Gasteiger partial charge in [0, 0.05) is 12.2 Å². The Morgan fingerprint density at radius 2 is 1.82 bits per heavy atom. The number of morpholine rings is 1. The molecule has 3 nitrogen and oxygen atoms in total. The first-order valence-electron chi connectivity index (χ1n) is 6.18. The summed E-state index contributed by atoms with van der Waals surface area (Å²) in [5.41, 5.74) is 2.16. The maximum Gasteiger partial charge on any atom is 0.255 e. The Kier molecular flexibility index (Phi) is 5.16. The van der Waals surface area contributed by atoms with Crippen molar-refractivity contribution in [3.63, 3.8) is 0 Å². The monoisotopic (exact) mass is 235 g/mol. The van der Waals surface area contributed by atoms with Gasteiger partial charge in [-0.15, -0.1) is 0 Å². The van der Waals surface area contributed by atoms with Crippen molar-refractivity contribution < 1.29 is 9.53 Å². The molecule has 1 heterocycles. The average Bonchev–Trinajstić information content (AvgIpc) is 2.37. The summed E-state index contributed by atoms with van der Waals surface area (Å²) in [5, 5.41) is 0. The smallest absolute Gasteiger partial charge is 0.255 e. The molecule has 0 saturated carbocycles. The molecule has 1 fully saturated rings. The first-order chi connectivity index (χ1) is 8.18. The van der Waals surface area contributed by atoms with Gasteiger partial charge in [0.2, 0.25) is 0 Å². The molecular formula is C14H21NO2. The van der Waals surface area contributed by atoms with Crippen LogP contribution in [-0.4, -0.2) is 25.2 Å². The van der Waals surface area contributed by atoms with Crippen LogP contribution in [0.2, 0.25) is 0 Å². The van der Waals surface area contributed by atoms with Crippen molar-refractivity contribution in [1.29, 1.82) is 0 Å². The third-order valence-corrected chi connectivity index (χ3v) is 2.64. The Morgan fingerprint density at radius 1 is 1.24 bits per heavy atom. The second-order valence-electron chi connectivity index (χ2n) is 3.84. The zero-order valence-corrected chi connectivity index (χ0v) is 11.1. The number of ether oxygens (including phenoxy) is 1. The predicted molar refractivity (Wildman–Crippen MR) is 70.3 cm³/mol. The molecule has 0 N–H and O–H groups in total. The van der Waals surface area contributed by atoms with E-state index in [1.54, 1.807) is 11.8 Å². The number of aryl methyl sites for hydroxylation is 1. The molecule has 0 unspecified atom stereocenters. The summed E-state index contributed by atoms with van der Waals surface area (Å²) in [7, 11) is 0. The van der Waals surface area contributed by atoms with Gasteiger partial charge in [0.1, 0.15) is 6.10 Å². The quantitative estimate of drug-likeness (QED) is 0.749. The summed E-state index contributed by atoms with van der Waals surface area (Å²) >= 11 is 0. The van der Waals surface area contributed by atoms with Gasteiger partial charge in [-0.3, -0.25) is 4.79 Å². The highest BCUT2D eigenvalue weighted by molar-refractivity contribution is 5.96. The highest BCUT2D eigenvalue weighted by Crippen LogP contribution is 2.19. The minimum atomic E-state index is -0.319. The first kappa shape index (κ1) is 13.7. The molecule has 0 aliphatic carbocycles. The van der Waals surface area contributed by atoms with Crippen molar-refractivity contribution >= 4 is 11.6 Å². The maximum atomic E-state index is 11.8. The van der Waals surface area contributed by atoms with Crippen molar-refractivity contribution in [2.75, 3.05) is 18.1 Å². The first-order valence-corrected chi connectivity index (χ1v) is 6.18. The number of carbonyl (C=O) groups excluding carboxylic acids is 1. The van der Waals surface area contributed by atoms with Crippen LogP contribution in [0.25, 0.3) is 0 Å². The molecule has 1 saturated heterocycles. The standard InChI is InChI=1S/C12H15NO2.C2H6/c1-9-3-5-11(6-4-9)13-7-8-15-10(2)12(13)14;1-2/h3-6,10H,7-8H2,1-2H3;1-2H3/t10-;/m0./s1. The van der Waals surface area contributed by atoms with Crippen molar-refractivity contribution in [2.45, 2.75) is 33.8 Å². The fourth-order valence-corrected chi connectivity index (χ4v) is 1.70. The van der Waals surface area contributed by atoms with Gasteiger partial charge in [-0.25, -0.2) is 0 Å². The molecule has 1 atom stereocenters. The number of anilines is 1. The Bertz CT molecular complexity index is 359. The van der Waals surface area contributed by atoms with Gasteiger partial charge in [0.05, 0.1) is 6.61 Å². The van der Waals surface area contributed by atoms with Crippen molar-refractivity contribution in [1.82, 2.24) is 0 Å². The summed E-state index contributed by atoms with van der Waals surface area (Å²) in [4.78, 5) is 13.6. The minimum Gasteiger partial charge on any atom is -0.367 e. The zero-order valence-electron chi connectivity index (χ0n) is 11.1. The fraction of sp³-hybridized carbons (Fsp3) is 0.500. The van der Waals surface area contributed by atoms with E-state index in [0.717, 1.165) is 5.69 Å². The van der Waals surface area contributed by atoms with Gasteiger partial charge >= 0.3 is 0 Å². The van der Waals surface area contributed by atoms with Crippen LogP contribution in [0.1, 0.15) is 26.3 Å². The molecule has 2 rings (SSSR count). The Labute approximate surface area is 103 Å². The minimum absolute atomic E-state index is 0.0464. The molecule has 1 amide bonds. The Morgan fingerprint density at radius 3 is 2.41 bits per heavy atom. The SMILES string of the molecule is CC.Cc1ccc(N2CCO[C@@H](C)C2=O)cc1. The van der Waals surface area contributed by atoms with Crippen LogP contribution < -0.4 is 4.90 Å². The lowest BCUT2D eigenvalue weighted by molar-refractivity contribution is -0.132. The Hall–Kier alpha value is -1.35. The van der Waals surface area contributed by atoms with E-state index < -0.39 is 0 Å². The molecular weight excluding hydrogens is 214 g/mol. The molecule has 1 aliphatic rings. The van der Waals surface area contributed by atoms with Gasteiger partial charge in [-0.2, -0.15) is 0 Å². The van der Waals surface area contributed by atoms with Crippen molar-refractivity contribution in [3.05, 3.63) is 29.8 Å². The lowest BCUT2D eigenvalue weighted by atomic mass is 10.2. The van der Waals surface area contributed by atoms with Crippen LogP contribution in [0.5, 0.6) is 0 Å². The van der Waals surface area contributed by atoms with E-state index in [2.05, 4.69) is 0 Å². The zero-order chi connectivity index (χ0) is 12.8. The molecule has 0 spiro atoms. The number of nitrogens with zero attached hydrogens (tertiary/aromatic N) is 1. The van der Waals surface area contributed by atoms with Crippen molar-refractivity contribution in [2.24, 2.45) is 0 Å². The maximum absolute atomic E-state index is 11.8. The van der Waals surface area contributed by atoms with E-state index in [4.69, 9.17) is 4.74 Å². The highest BCUT2D eigenvalue weighted by Gasteiger charge is 2.26. The predicted octanol–water partition coefficient (Wildman–Crippen LogP) is 2.77. The molecule has 17 heavy (non-hydrogen) atoms. The Balaban J connectivity index is 0.000000686. The molecule has 3 heteroatoms. The second-order valence-corrected chi connectivity index (χ2v) is 3.84. The van der Waals surface area contributed by atoms with Gasteiger partial charge in [0.25, 0.3) is 5.91 Å². The lowest BCUT2D eigenvalue weighted by Crippen LogP contribution is -2.46. The lowest BCUT2D eigenvalue weighted by Gasteiger charge is -2.30. The van der Waals surface area contributed by atoms with Crippen molar-refractivity contribution in [3.8, 4) is 0 Å². The van der Waals surface area contributed by atoms with E-state index in [-0.39, 0.29) is 12.0 Å². The van der Waals surface area contributed by atoms with Gasteiger partial charge in [-0.05, 0) is 26.0 Å². The van der Waals surface area contributed by atoms with E-state index in [1.807, 2.05) is 45.0 Å². The van der Waals surface area contributed by atoms with Crippen LogP contribution in [0.15, 0.2) is 24.3 Å². The van der Waals surface area contributed by atoms with Gasteiger partial charge in [0.15, 0.2) is 0 Å². The van der Waals surface area contributed by atoms with Crippen LogP contribution in [0.4, 0.5) is 5.69 Å². The van der Waals surface area contributed by atoms with Crippen LogP contribution in [0.3, 0.4) is 0 Å². The fourth-order valence-electron chi connectivity index (χ4n) is 1.70. The molecule has 0 radical (unpaired) electrons. The number of benzene rings is 1. The third-order valence-electron chi connectivity index (χ3n) is 2.64. The van der Waals surface area contributed by atoms with Crippen LogP contribution in [0, 0.1) is 6.92 Å². The summed E-state index contributed by atoms with van der Waals surface area (Å²) in [6, 6.07) is 7.99. The molecule has 0 aromatic heterocycles. The van der Waals surface area contributed by atoms with E-state index in [1.165, 1.54) is 5.56 Å². The highest BCUT2D eigenvalue weighted by atomic mass is 16.5. The van der Waals surface area contributed by atoms with Gasteiger partial charge in [-0.1, -0.05) is 31.5 Å². The third kappa shape index (κ3) is 3.30. The van der Waals surface area contributed by atoms with Gasteiger partial charge < -0.3 is 9.64 Å². The van der Waals surface area contributed by atoms with E-state index >= 15 is 0 Å². The molecule has 94 valence electrons. The van der Waals surface area contributed by atoms with Crippen LogP contribution in [-0.2, 0) is 9.53 Å². The number of carbonyl (C=O) groups is 1. The second kappa shape index (κ2) is 6.40. The van der Waals surface area contributed by atoms with E-state index in [0.29, 0.717) is 13.2 Å². The number of amides is 1. The number of hydrogen-bond donors (Lipinski definition) is 0. The summed E-state index contributed by atoms with van der Waals surface area (Å²) < 4.78 is 5.27. The summed E-state index contributed by atoms with van der Waals surface area (Å²) in [6.07, 6.45) is -0.319. The number of rotatable bonds is 1. The molecule has 1 aromatic carbocycles. The molecule has 1 aliphatic heterocycles. The van der Waals surface area contributed by atoms with E-state index in [9.17, 15) is 4.79 Å². The summed E-state index contributed by atoms with van der Waals surface area (Å²) in [5.74, 6) is 0.0464. The largest absolute Gasteiger partial charge is 0.367 e. The molecule has 0 bridgehead atoms. The average molecular weight is 235 g/mol.